The van der Waals surface area contributed by atoms with Gasteiger partial charge < -0.3 is 9.47 Å². The van der Waals surface area contributed by atoms with Gasteiger partial charge in [0.25, 0.3) is 0 Å². The van der Waals surface area contributed by atoms with Crippen LogP contribution in [0.25, 0.3) is 21.9 Å². The molecule has 0 aliphatic carbocycles. The molecule has 1 heterocycles. The fraction of sp³-hybridized carbons (Fsp3) is 0.281. The van der Waals surface area contributed by atoms with Gasteiger partial charge in [-0.05, 0) is 109 Å². The Hall–Kier alpha value is -3.35. The molecule has 0 saturated carbocycles. The lowest BCUT2D eigenvalue weighted by Crippen LogP contribution is -2.33. The van der Waals surface area contributed by atoms with Crippen LogP contribution in [0.15, 0.2) is 77.7 Å². The number of thioether (sulfide) groups is 1. The van der Waals surface area contributed by atoms with Crippen LogP contribution >= 0.6 is 11.8 Å². The molecule has 4 nitrogen and oxygen atoms in total. The number of likely N-dealkylation sites (tertiary alicyclic amines) is 1. The molecule has 0 N–H and O–H groups in total. The first-order chi connectivity index (χ1) is 18.6. The Morgan fingerprint density at radius 1 is 0.895 bits per heavy atom. The number of carbonyl (C=O) groups excluding carboxylic acids is 1. The highest BCUT2D eigenvalue weighted by Gasteiger charge is 2.21. The molecule has 1 saturated heterocycles. The van der Waals surface area contributed by atoms with Gasteiger partial charge in [-0.25, -0.2) is 4.39 Å². The standard InChI is InChI=1S/C32H32FNO3S/c1-36-26-12-15-27-23(20-26)8-13-29(28-14-9-24(33)21-30(28)38-2)31(27)32(35)22-6-10-25(11-7-22)37-19-18-34-16-4-3-5-17-34/h6-15,20-21H,3-5,16-19H2,1-2H3. The molecule has 6 heteroatoms. The highest BCUT2D eigenvalue weighted by Crippen LogP contribution is 2.38. The van der Waals surface area contributed by atoms with Crippen LogP contribution < -0.4 is 9.47 Å². The number of piperidine rings is 1. The second-order valence-corrected chi connectivity index (χ2v) is 10.4. The molecule has 0 radical (unpaired) electrons. The lowest BCUT2D eigenvalue weighted by Gasteiger charge is -2.26. The first kappa shape index (κ1) is 26.3. The van der Waals surface area contributed by atoms with E-state index in [4.69, 9.17) is 9.47 Å². The maximum atomic E-state index is 14.0. The molecule has 4 aromatic carbocycles. The van der Waals surface area contributed by atoms with Gasteiger partial charge in [-0.15, -0.1) is 11.8 Å². The van der Waals surface area contributed by atoms with Crippen LogP contribution in [0.3, 0.4) is 0 Å². The second kappa shape index (κ2) is 12.0. The number of hydrogen-bond donors (Lipinski definition) is 0. The second-order valence-electron chi connectivity index (χ2n) is 9.52. The molecule has 0 aromatic heterocycles. The van der Waals surface area contributed by atoms with Crippen LogP contribution in [0.5, 0.6) is 11.5 Å². The minimum atomic E-state index is -0.299. The van der Waals surface area contributed by atoms with Crippen molar-refractivity contribution in [1.82, 2.24) is 4.90 Å². The van der Waals surface area contributed by atoms with Crippen molar-refractivity contribution in [1.29, 1.82) is 0 Å². The molecule has 1 aliphatic heterocycles. The Morgan fingerprint density at radius 3 is 2.37 bits per heavy atom. The van der Waals surface area contributed by atoms with Crippen molar-refractivity contribution in [3.8, 4) is 22.6 Å². The molecule has 1 fully saturated rings. The number of fused-ring (bicyclic) bond motifs is 1. The Kier molecular flexibility index (Phi) is 8.30. The summed E-state index contributed by atoms with van der Waals surface area (Å²) in [6.45, 7) is 3.83. The van der Waals surface area contributed by atoms with E-state index >= 15 is 0 Å². The van der Waals surface area contributed by atoms with Crippen molar-refractivity contribution in [3.63, 3.8) is 0 Å². The van der Waals surface area contributed by atoms with Gasteiger partial charge in [-0.2, -0.15) is 0 Å². The Bertz CT molecular complexity index is 1430. The predicted octanol–water partition coefficient (Wildman–Crippen LogP) is 7.47. The van der Waals surface area contributed by atoms with Gasteiger partial charge in [-0.3, -0.25) is 9.69 Å². The summed E-state index contributed by atoms with van der Waals surface area (Å²) in [5.41, 5.74) is 2.77. The summed E-state index contributed by atoms with van der Waals surface area (Å²) in [6, 6.07) is 21.7. The van der Waals surface area contributed by atoms with Crippen LogP contribution in [0.2, 0.25) is 0 Å². The quantitative estimate of drug-likeness (QED) is 0.166. The summed E-state index contributed by atoms with van der Waals surface area (Å²) in [5.74, 6) is 1.09. The first-order valence-electron chi connectivity index (χ1n) is 13.0. The van der Waals surface area contributed by atoms with E-state index in [2.05, 4.69) is 4.90 Å². The number of rotatable bonds is 9. The van der Waals surface area contributed by atoms with E-state index < -0.39 is 0 Å². The maximum absolute atomic E-state index is 14.0. The smallest absolute Gasteiger partial charge is 0.194 e. The van der Waals surface area contributed by atoms with Gasteiger partial charge in [0.2, 0.25) is 0 Å². The van der Waals surface area contributed by atoms with Crippen molar-refractivity contribution in [2.24, 2.45) is 0 Å². The Balaban J connectivity index is 1.47. The van der Waals surface area contributed by atoms with Crippen molar-refractivity contribution in [2.75, 3.05) is 39.6 Å². The van der Waals surface area contributed by atoms with Crippen LogP contribution in [0, 0.1) is 5.82 Å². The number of halogens is 1. The SMILES string of the molecule is COc1ccc2c(C(=O)c3ccc(OCCN4CCCCC4)cc3)c(-c3ccc(F)cc3SC)ccc2c1. The minimum absolute atomic E-state index is 0.0907. The molecule has 5 rings (SSSR count). The van der Waals surface area contributed by atoms with Crippen molar-refractivity contribution in [2.45, 2.75) is 24.2 Å². The molecule has 0 unspecified atom stereocenters. The van der Waals surface area contributed by atoms with Crippen molar-refractivity contribution < 1.29 is 18.7 Å². The van der Waals surface area contributed by atoms with Crippen LogP contribution in [0.4, 0.5) is 4.39 Å². The fourth-order valence-corrected chi connectivity index (χ4v) is 5.74. The fourth-order valence-electron chi connectivity index (χ4n) is 5.11. The topological polar surface area (TPSA) is 38.8 Å². The Morgan fingerprint density at radius 2 is 1.63 bits per heavy atom. The summed E-state index contributed by atoms with van der Waals surface area (Å²) in [6.07, 6.45) is 5.75. The number of ether oxygens (including phenoxy) is 2. The van der Waals surface area contributed by atoms with E-state index in [-0.39, 0.29) is 11.6 Å². The summed E-state index contributed by atoms with van der Waals surface area (Å²) in [4.78, 5) is 17.3. The van der Waals surface area contributed by atoms with Crippen LogP contribution in [0.1, 0.15) is 35.2 Å². The number of nitrogens with zero attached hydrogens (tertiary/aromatic N) is 1. The maximum Gasteiger partial charge on any atom is 0.194 e. The molecule has 0 atom stereocenters. The van der Waals surface area contributed by atoms with Crippen LogP contribution in [-0.4, -0.2) is 50.3 Å². The monoisotopic (exact) mass is 529 g/mol. The summed E-state index contributed by atoms with van der Waals surface area (Å²) < 4.78 is 25.4. The van der Waals surface area contributed by atoms with E-state index in [1.54, 1.807) is 13.2 Å². The van der Waals surface area contributed by atoms with Gasteiger partial charge in [0.15, 0.2) is 5.78 Å². The zero-order chi connectivity index (χ0) is 26.5. The third-order valence-corrected chi connectivity index (χ3v) is 7.93. The van der Waals surface area contributed by atoms with E-state index in [9.17, 15) is 9.18 Å². The molecule has 0 amide bonds. The number of carbonyl (C=O) groups is 1. The Labute approximate surface area is 227 Å². The van der Waals surface area contributed by atoms with Gasteiger partial charge in [0, 0.05) is 22.6 Å². The van der Waals surface area contributed by atoms with E-state index in [1.165, 1.54) is 43.2 Å². The molecular formula is C32H32FNO3S. The summed E-state index contributed by atoms with van der Waals surface area (Å²) >= 11 is 1.46. The van der Waals surface area contributed by atoms with Crippen molar-refractivity contribution in [3.05, 3.63) is 89.7 Å². The lowest BCUT2D eigenvalue weighted by atomic mass is 9.89. The van der Waals surface area contributed by atoms with E-state index in [0.29, 0.717) is 17.7 Å². The normalized spacial score (nSPS) is 14.0. The highest BCUT2D eigenvalue weighted by molar-refractivity contribution is 7.98. The zero-order valence-corrected chi connectivity index (χ0v) is 22.7. The van der Waals surface area contributed by atoms with Crippen molar-refractivity contribution >= 4 is 28.3 Å². The average Bonchev–Trinajstić information content (AvgIpc) is 2.96. The van der Waals surface area contributed by atoms with E-state index in [1.807, 2.05) is 60.9 Å². The largest absolute Gasteiger partial charge is 0.497 e. The molecule has 0 bridgehead atoms. The average molecular weight is 530 g/mol. The zero-order valence-electron chi connectivity index (χ0n) is 21.8. The molecule has 0 spiro atoms. The third kappa shape index (κ3) is 5.71. The number of hydrogen-bond acceptors (Lipinski definition) is 5. The predicted molar refractivity (Wildman–Crippen MR) is 153 cm³/mol. The molecule has 4 aromatic rings. The number of benzene rings is 4. The van der Waals surface area contributed by atoms with Gasteiger partial charge in [-0.1, -0.05) is 24.6 Å². The summed E-state index contributed by atoms with van der Waals surface area (Å²) in [5, 5.41) is 1.73. The molecule has 38 heavy (non-hydrogen) atoms. The highest BCUT2D eigenvalue weighted by atomic mass is 32.2. The third-order valence-electron chi connectivity index (χ3n) is 7.15. The van der Waals surface area contributed by atoms with Gasteiger partial charge >= 0.3 is 0 Å². The molecule has 1 aliphatic rings. The molecular weight excluding hydrogens is 497 g/mol. The lowest BCUT2D eigenvalue weighted by molar-refractivity contribution is 0.104. The van der Waals surface area contributed by atoms with Crippen LogP contribution in [-0.2, 0) is 0 Å². The summed E-state index contributed by atoms with van der Waals surface area (Å²) in [7, 11) is 1.63. The minimum Gasteiger partial charge on any atom is -0.497 e. The first-order valence-corrected chi connectivity index (χ1v) is 14.2. The van der Waals surface area contributed by atoms with Gasteiger partial charge in [0.1, 0.15) is 23.9 Å². The number of ketones is 1. The van der Waals surface area contributed by atoms with Gasteiger partial charge in [0.05, 0.1) is 7.11 Å². The molecule has 196 valence electrons. The van der Waals surface area contributed by atoms with E-state index in [0.717, 1.165) is 57.9 Å². The number of methoxy groups -OCH3 is 1.